The first kappa shape index (κ1) is 10.2. The summed E-state index contributed by atoms with van der Waals surface area (Å²) in [5, 5.41) is 1.11. The van der Waals surface area contributed by atoms with Crippen LogP contribution in [-0.4, -0.2) is 5.78 Å². The summed E-state index contributed by atoms with van der Waals surface area (Å²) in [5.41, 5.74) is 8.90. The highest BCUT2D eigenvalue weighted by Crippen LogP contribution is 2.34. The van der Waals surface area contributed by atoms with Gasteiger partial charge in [-0.2, -0.15) is 0 Å². The molecule has 2 aromatic rings. The lowest BCUT2D eigenvalue weighted by molar-refractivity contribution is 0.102. The van der Waals surface area contributed by atoms with Crippen LogP contribution in [0.4, 0.5) is 5.69 Å². The Hall–Kier alpha value is -1.35. The summed E-state index contributed by atoms with van der Waals surface area (Å²) >= 11 is 1.55. The molecule has 0 aliphatic rings. The number of ketones is 1. The maximum absolute atomic E-state index is 11.3. The monoisotopic (exact) mass is 219 g/mol. The minimum atomic E-state index is 0.119. The number of carbonyl (C=O) groups excluding carboxylic acids is 1. The third-order valence-electron chi connectivity index (χ3n) is 2.65. The van der Waals surface area contributed by atoms with Gasteiger partial charge in [0, 0.05) is 10.4 Å². The second-order valence-electron chi connectivity index (χ2n) is 3.82. The number of Topliss-reactive ketones (excluding diaryl/α,β-unsaturated/α-hetero) is 1. The zero-order valence-corrected chi connectivity index (χ0v) is 9.87. The molecule has 0 atom stereocenters. The van der Waals surface area contributed by atoms with Gasteiger partial charge in [-0.05, 0) is 49.4 Å². The average molecular weight is 219 g/mol. The van der Waals surface area contributed by atoms with Crippen molar-refractivity contribution in [3.63, 3.8) is 0 Å². The first-order chi connectivity index (χ1) is 7.00. The SMILES string of the molecule is CC(=O)c1cc2c(C)c(N)cc(C)c2s1. The molecule has 2 nitrogen and oxygen atoms in total. The van der Waals surface area contributed by atoms with Crippen LogP contribution in [0, 0.1) is 13.8 Å². The number of anilines is 1. The first-order valence-corrected chi connectivity index (χ1v) is 5.62. The molecular weight excluding hydrogens is 206 g/mol. The third-order valence-corrected chi connectivity index (χ3v) is 4.02. The minimum absolute atomic E-state index is 0.119. The number of nitrogen functional groups attached to an aromatic ring is 1. The first-order valence-electron chi connectivity index (χ1n) is 4.81. The zero-order chi connectivity index (χ0) is 11.2. The Morgan fingerprint density at radius 2 is 2.00 bits per heavy atom. The number of aryl methyl sites for hydroxylation is 2. The van der Waals surface area contributed by atoms with Crippen molar-refractivity contribution in [1.82, 2.24) is 0 Å². The molecule has 3 heteroatoms. The number of hydrogen-bond donors (Lipinski definition) is 1. The van der Waals surface area contributed by atoms with E-state index in [4.69, 9.17) is 5.73 Å². The van der Waals surface area contributed by atoms with Crippen LogP contribution in [0.3, 0.4) is 0 Å². The van der Waals surface area contributed by atoms with Crippen LogP contribution in [0.5, 0.6) is 0 Å². The van der Waals surface area contributed by atoms with E-state index in [1.165, 1.54) is 4.70 Å². The topological polar surface area (TPSA) is 43.1 Å². The van der Waals surface area contributed by atoms with E-state index in [9.17, 15) is 4.79 Å². The van der Waals surface area contributed by atoms with Crippen LogP contribution in [0.25, 0.3) is 10.1 Å². The lowest BCUT2D eigenvalue weighted by Gasteiger charge is -2.03. The van der Waals surface area contributed by atoms with E-state index in [0.717, 1.165) is 27.1 Å². The van der Waals surface area contributed by atoms with Crippen LogP contribution >= 0.6 is 11.3 Å². The van der Waals surface area contributed by atoms with Gasteiger partial charge >= 0.3 is 0 Å². The number of fused-ring (bicyclic) bond motifs is 1. The van der Waals surface area contributed by atoms with Crippen molar-refractivity contribution in [2.75, 3.05) is 5.73 Å². The largest absolute Gasteiger partial charge is 0.398 e. The number of thiophene rings is 1. The molecule has 0 saturated carbocycles. The van der Waals surface area contributed by atoms with Crippen LogP contribution in [0.1, 0.15) is 27.7 Å². The number of rotatable bonds is 1. The summed E-state index contributed by atoms with van der Waals surface area (Å²) in [7, 11) is 0. The molecule has 0 saturated heterocycles. The van der Waals surface area contributed by atoms with E-state index in [2.05, 4.69) is 0 Å². The Balaban J connectivity index is 2.85. The normalized spacial score (nSPS) is 10.9. The Bertz CT molecular complexity index is 554. The Morgan fingerprint density at radius 3 is 2.60 bits per heavy atom. The van der Waals surface area contributed by atoms with E-state index in [-0.39, 0.29) is 5.78 Å². The van der Waals surface area contributed by atoms with Gasteiger partial charge in [-0.3, -0.25) is 4.79 Å². The molecule has 0 bridgehead atoms. The quantitative estimate of drug-likeness (QED) is 0.590. The number of hydrogen-bond acceptors (Lipinski definition) is 3. The summed E-state index contributed by atoms with van der Waals surface area (Å²) in [5.74, 6) is 0.119. The van der Waals surface area contributed by atoms with Crippen molar-refractivity contribution >= 4 is 32.9 Å². The maximum Gasteiger partial charge on any atom is 0.169 e. The van der Waals surface area contributed by atoms with Crippen molar-refractivity contribution < 1.29 is 4.79 Å². The van der Waals surface area contributed by atoms with E-state index >= 15 is 0 Å². The summed E-state index contributed by atoms with van der Waals surface area (Å²) in [4.78, 5) is 12.1. The number of carbonyl (C=O) groups is 1. The molecule has 0 spiro atoms. The zero-order valence-electron chi connectivity index (χ0n) is 9.05. The summed E-state index contributed by atoms with van der Waals surface area (Å²) in [6.07, 6.45) is 0. The van der Waals surface area contributed by atoms with Gasteiger partial charge < -0.3 is 5.73 Å². The lowest BCUT2D eigenvalue weighted by atomic mass is 10.1. The van der Waals surface area contributed by atoms with Gasteiger partial charge in [0.1, 0.15) is 0 Å². The Kier molecular flexibility index (Phi) is 2.27. The number of nitrogens with two attached hydrogens (primary N) is 1. The molecule has 78 valence electrons. The second kappa shape index (κ2) is 3.35. The van der Waals surface area contributed by atoms with Crippen molar-refractivity contribution in [2.45, 2.75) is 20.8 Å². The van der Waals surface area contributed by atoms with E-state index in [1.54, 1.807) is 18.3 Å². The fourth-order valence-electron chi connectivity index (χ4n) is 1.70. The highest BCUT2D eigenvalue weighted by molar-refractivity contribution is 7.21. The fraction of sp³-hybridized carbons (Fsp3) is 0.250. The molecule has 0 unspecified atom stereocenters. The van der Waals surface area contributed by atoms with E-state index in [1.807, 2.05) is 26.0 Å². The predicted octanol–water partition coefficient (Wildman–Crippen LogP) is 3.30. The van der Waals surface area contributed by atoms with Crippen molar-refractivity contribution in [1.29, 1.82) is 0 Å². The smallest absolute Gasteiger partial charge is 0.169 e. The highest BCUT2D eigenvalue weighted by atomic mass is 32.1. The van der Waals surface area contributed by atoms with Gasteiger partial charge in [-0.15, -0.1) is 11.3 Å². The minimum Gasteiger partial charge on any atom is -0.398 e. The molecule has 2 N–H and O–H groups in total. The summed E-state index contributed by atoms with van der Waals surface area (Å²) in [6, 6.07) is 3.92. The van der Waals surface area contributed by atoms with Gasteiger partial charge in [0.25, 0.3) is 0 Å². The molecule has 0 aliphatic heterocycles. The lowest BCUT2D eigenvalue weighted by Crippen LogP contribution is -1.90. The van der Waals surface area contributed by atoms with Crippen molar-refractivity contribution in [3.8, 4) is 0 Å². The van der Waals surface area contributed by atoms with Crippen molar-refractivity contribution in [3.05, 3.63) is 28.1 Å². The molecule has 1 heterocycles. The summed E-state index contributed by atoms with van der Waals surface area (Å²) in [6.45, 7) is 5.62. The number of benzene rings is 1. The predicted molar refractivity (Wildman–Crippen MR) is 65.7 cm³/mol. The molecule has 0 fully saturated rings. The highest BCUT2D eigenvalue weighted by Gasteiger charge is 2.11. The van der Waals surface area contributed by atoms with Crippen LogP contribution in [-0.2, 0) is 0 Å². The Labute approximate surface area is 92.7 Å². The standard InChI is InChI=1S/C12H13NOS/c1-6-4-10(13)7(2)9-5-11(8(3)14)15-12(6)9/h4-5H,13H2,1-3H3. The van der Waals surface area contributed by atoms with Gasteiger partial charge in [-0.1, -0.05) is 0 Å². The van der Waals surface area contributed by atoms with Gasteiger partial charge in [0.15, 0.2) is 5.78 Å². The molecular formula is C12H13NOS. The van der Waals surface area contributed by atoms with Gasteiger partial charge in [-0.25, -0.2) is 0 Å². The molecule has 1 aromatic carbocycles. The molecule has 0 radical (unpaired) electrons. The second-order valence-corrected chi connectivity index (χ2v) is 4.87. The van der Waals surface area contributed by atoms with Crippen LogP contribution < -0.4 is 5.73 Å². The molecule has 15 heavy (non-hydrogen) atoms. The molecule has 0 aliphatic carbocycles. The average Bonchev–Trinajstić information content (AvgIpc) is 2.59. The van der Waals surface area contributed by atoms with Crippen LogP contribution in [0.2, 0.25) is 0 Å². The Morgan fingerprint density at radius 1 is 1.33 bits per heavy atom. The van der Waals surface area contributed by atoms with E-state index < -0.39 is 0 Å². The molecule has 1 aromatic heterocycles. The summed E-state index contributed by atoms with van der Waals surface area (Å²) < 4.78 is 1.17. The van der Waals surface area contributed by atoms with Crippen molar-refractivity contribution in [2.24, 2.45) is 0 Å². The maximum atomic E-state index is 11.3. The molecule has 2 rings (SSSR count). The third kappa shape index (κ3) is 1.53. The van der Waals surface area contributed by atoms with E-state index in [0.29, 0.717) is 0 Å². The van der Waals surface area contributed by atoms with Gasteiger partial charge in [0.2, 0.25) is 0 Å². The van der Waals surface area contributed by atoms with Gasteiger partial charge in [0.05, 0.1) is 4.88 Å². The molecule has 0 amide bonds. The fourth-order valence-corrected chi connectivity index (χ4v) is 2.78. The van der Waals surface area contributed by atoms with Crippen LogP contribution in [0.15, 0.2) is 12.1 Å².